The Morgan fingerprint density at radius 2 is 2.26 bits per heavy atom. The van der Waals surface area contributed by atoms with Crippen LogP contribution in [-0.2, 0) is 0 Å². The number of carbonyl (C=O) groups excluding carboxylic acids is 1. The molecule has 0 fully saturated rings. The molecule has 1 rings (SSSR count). The van der Waals surface area contributed by atoms with E-state index in [1.54, 1.807) is 6.07 Å². The van der Waals surface area contributed by atoms with Gasteiger partial charge in [0, 0.05) is 16.0 Å². The van der Waals surface area contributed by atoms with Crippen molar-refractivity contribution >= 4 is 34.3 Å². The highest BCUT2D eigenvalue weighted by atomic mass is 127. The summed E-state index contributed by atoms with van der Waals surface area (Å²) in [5.74, 6) is -0.0169. The molecule has 0 aliphatic carbocycles. The molecule has 1 aromatic carbocycles. The molecule has 5 nitrogen and oxygen atoms in total. The normalized spacial score (nSPS) is 13.1. The van der Waals surface area contributed by atoms with Crippen LogP contribution in [0.5, 0.6) is 0 Å². The summed E-state index contributed by atoms with van der Waals surface area (Å²) in [5, 5.41) is 14.4. The van der Waals surface area contributed by atoms with E-state index in [1.165, 1.54) is 0 Å². The zero-order chi connectivity index (χ0) is 14.4. The maximum atomic E-state index is 12.2. The molecule has 0 saturated heterocycles. The van der Waals surface area contributed by atoms with Crippen LogP contribution in [0.15, 0.2) is 23.4 Å². The van der Waals surface area contributed by atoms with Gasteiger partial charge in [-0.2, -0.15) is 0 Å². The summed E-state index contributed by atoms with van der Waals surface area (Å²) in [7, 11) is 0. The van der Waals surface area contributed by atoms with Gasteiger partial charge in [-0.15, -0.1) is 0 Å². The second kappa shape index (κ2) is 7.32. The number of nitrogens with zero attached hydrogens (tertiary/aromatic N) is 1. The lowest BCUT2D eigenvalue weighted by Crippen LogP contribution is -2.37. The van der Waals surface area contributed by atoms with E-state index in [-0.39, 0.29) is 17.8 Å². The van der Waals surface area contributed by atoms with E-state index in [9.17, 15) is 4.79 Å². The number of amides is 1. The van der Waals surface area contributed by atoms with Crippen LogP contribution in [0.3, 0.4) is 0 Å². The van der Waals surface area contributed by atoms with Crippen molar-refractivity contribution < 1.29 is 10.0 Å². The SMILES string of the molecule is CCC(C/C(N)=N/O)NC(=O)c1cccc(C)c1I. The van der Waals surface area contributed by atoms with E-state index in [0.717, 1.165) is 9.13 Å². The molecule has 1 atom stereocenters. The Morgan fingerprint density at radius 3 is 2.84 bits per heavy atom. The van der Waals surface area contributed by atoms with Crippen LogP contribution in [0.1, 0.15) is 35.7 Å². The van der Waals surface area contributed by atoms with Crippen molar-refractivity contribution in [3.8, 4) is 0 Å². The standard InChI is InChI=1S/C13H18IN3O2/c1-3-9(7-11(15)17-19)16-13(18)10-6-4-5-8(2)12(10)14/h4-6,9,19H,3,7H2,1-2H3,(H2,15,17)(H,16,18). The van der Waals surface area contributed by atoms with Gasteiger partial charge in [0.1, 0.15) is 5.84 Å². The molecule has 0 aliphatic rings. The maximum Gasteiger partial charge on any atom is 0.252 e. The quantitative estimate of drug-likeness (QED) is 0.243. The Hall–Kier alpha value is -1.31. The first kappa shape index (κ1) is 15.7. The minimum atomic E-state index is -0.139. The number of nitrogens with two attached hydrogens (primary N) is 1. The lowest BCUT2D eigenvalue weighted by atomic mass is 10.1. The van der Waals surface area contributed by atoms with E-state index >= 15 is 0 Å². The number of halogens is 1. The van der Waals surface area contributed by atoms with E-state index < -0.39 is 0 Å². The summed E-state index contributed by atoms with van der Waals surface area (Å²) >= 11 is 2.16. The minimum absolute atomic E-state index is 0.117. The van der Waals surface area contributed by atoms with E-state index in [4.69, 9.17) is 10.9 Å². The van der Waals surface area contributed by atoms with Gasteiger partial charge in [-0.1, -0.05) is 24.2 Å². The Kier molecular flexibility index (Phi) is 6.07. The first-order chi connectivity index (χ1) is 8.99. The third-order valence-electron chi connectivity index (χ3n) is 2.85. The van der Waals surface area contributed by atoms with Gasteiger partial charge >= 0.3 is 0 Å². The molecule has 19 heavy (non-hydrogen) atoms. The molecule has 0 bridgehead atoms. The molecule has 1 amide bonds. The molecule has 0 heterocycles. The first-order valence-electron chi connectivity index (χ1n) is 6.02. The number of hydrogen-bond donors (Lipinski definition) is 3. The van der Waals surface area contributed by atoms with Crippen molar-refractivity contribution in [3.05, 3.63) is 32.9 Å². The maximum absolute atomic E-state index is 12.2. The Labute approximate surface area is 126 Å². The third kappa shape index (κ3) is 4.38. The van der Waals surface area contributed by atoms with Crippen molar-refractivity contribution in [2.45, 2.75) is 32.7 Å². The predicted molar refractivity (Wildman–Crippen MR) is 83.5 cm³/mol. The Balaban J connectivity index is 2.80. The Bertz CT molecular complexity index is 489. The highest BCUT2D eigenvalue weighted by Gasteiger charge is 2.16. The van der Waals surface area contributed by atoms with Crippen molar-refractivity contribution in [3.63, 3.8) is 0 Å². The highest BCUT2D eigenvalue weighted by Crippen LogP contribution is 2.17. The fourth-order valence-corrected chi connectivity index (χ4v) is 2.28. The summed E-state index contributed by atoms with van der Waals surface area (Å²) in [5.41, 5.74) is 7.18. The van der Waals surface area contributed by atoms with Crippen molar-refractivity contribution in [2.24, 2.45) is 10.9 Å². The molecule has 0 radical (unpaired) electrons. The summed E-state index contributed by atoms with van der Waals surface area (Å²) in [6, 6.07) is 5.48. The van der Waals surface area contributed by atoms with Gasteiger partial charge in [0.25, 0.3) is 5.91 Å². The number of carbonyl (C=O) groups is 1. The lowest BCUT2D eigenvalue weighted by Gasteiger charge is -2.17. The average molecular weight is 375 g/mol. The van der Waals surface area contributed by atoms with Crippen LogP contribution in [0, 0.1) is 10.5 Å². The number of amidine groups is 1. The topological polar surface area (TPSA) is 87.7 Å². The largest absolute Gasteiger partial charge is 0.409 e. The number of oxime groups is 1. The van der Waals surface area contributed by atoms with Gasteiger partial charge in [0.2, 0.25) is 0 Å². The van der Waals surface area contributed by atoms with E-state index in [2.05, 4.69) is 33.1 Å². The molecule has 0 aliphatic heterocycles. The molecule has 0 spiro atoms. The fraction of sp³-hybridized carbons (Fsp3) is 0.385. The van der Waals surface area contributed by atoms with Gasteiger partial charge in [0.15, 0.2) is 0 Å². The third-order valence-corrected chi connectivity index (χ3v) is 4.28. The number of nitrogens with one attached hydrogen (secondary N) is 1. The summed E-state index contributed by atoms with van der Waals surface area (Å²) in [6.07, 6.45) is 1.05. The number of aryl methyl sites for hydroxylation is 1. The van der Waals surface area contributed by atoms with Gasteiger partial charge < -0.3 is 16.3 Å². The monoisotopic (exact) mass is 375 g/mol. The smallest absolute Gasteiger partial charge is 0.252 e. The second-order valence-corrected chi connectivity index (χ2v) is 5.39. The fourth-order valence-electron chi connectivity index (χ4n) is 1.68. The molecule has 0 saturated carbocycles. The van der Waals surface area contributed by atoms with Crippen molar-refractivity contribution in [1.82, 2.24) is 5.32 Å². The Morgan fingerprint density at radius 1 is 1.58 bits per heavy atom. The molecular weight excluding hydrogens is 357 g/mol. The van der Waals surface area contributed by atoms with Gasteiger partial charge in [-0.25, -0.2) is 0 Å². The highest BCUT2D eigenvalue weighted by molar-refractivity contribution is 14.1. The van der Waals surface area contributed by atoms with Crippen LogP contribution in [0.25, 0.3) is 0 Å². The van der Waals surface area contributed by atoms with Crippen LogP contribution < -0.4 is 11.1 Å². The number of benzene rings is 1. The molecule has 104 valence electrons. The molecule has 4 N–H and O–H groups in total. The minimum Gasteiger partial charge on any atom is -0.409 e. The average Bonchev–Trinajstić information content (AvgIpc) is 2.40. The van der Waals surface area contributed by atoms with Crippen molar-refractivity contribution in [1.29, 1.82) is 0 Å². The zero-order valence-corrected chi connectivity index (χ0v) is 13.1. The van der Waals surface area contributed by atoms with Crippen molar-refractivity contribution in [2.75, 3.05) is 0 Å². The zero-order valence-electron chi connectivity index (χ0n) is 11.0. The molecule has 6 heteroatoms. The molecular formula is C13H18IN3O2. The summed E-state index contributed by atoms with van der Waals surface area (Å²) in [4.78, 5) is 12.2. The summed E-state index contributed by atoms with van der Waals surface area (Å²) < 4.78 is 0.941. The van der Waals surface area contributed by atoms with Gasteiger partial charge in [-0.05, 0) is 47.6 Å². The first-order valence-corrected chi connectivity index (χ1v) is 7.09. The number of rotatable bonds is 5. The number of hydrogen-bond acceptors (Lipinski definition) is 3. The lowest BCUT2D eigenvalue weighted by molar-refractivity contribution is 0.0936. The predicted octanol–water partition coefficient (Wildman–Crippen LogP) is 2.24. The second-order valence-electron chi connectivity index (χ2n) is 4.31. The van der Waals surface area contributed by atoms with Gasteiger partial charge in [-0.3, -0.25) is 4.79 Å². The van der Waals surface area contributed by atoms with Gasteiger partial charge in [0.05, 0.1) is 5.56 Å². The van der Waals surface area contributed by atoms with Crippen LogP contribution in [0.4, 0.5) is 0 Å². The molecule has 1 aromatic rings. The summed E-state index contributed by atoms with van der Waals surface area (Å²) in [6.45, 7) is 3.91. The van der Waals surface area contributed by atoms with E-state index in [0.29, 0.717) is 18.4 Å². The van der Waals surface area contributed by atoms with E-state index in [1.807, 2.05) is 26.0 Å². The van der Waals surface area contributed by atoms with Crippen LogP contribution in [-0.4, -0.2) is 23.0 Å². The molecule has 0 aromatic heterocycles. The molecule has 1 unspecified atom stereocenters. The van der Waals surface area contributed by atoms with Crippen LogP contribution in [0.2, 0.25) is 0 Å². The van der Waals surface area contributed by atoms with Crippen LogP contribution >= 0.6 is 22.6 Å².